The van der Waals surface area contributed by atoms with E-state index in [2.05, 4.69) is 22.6 Å². The maximum absolute atomic E-state index is 12.4. The van der Waals surface area contributed by atoms with Gasteiger partial charge >= 0.3 is 0 Å². The predicted octanol–water partition coefficient (Wildman–Crippen LogP) is 4.14. The average molecular weight is 336 g/mol. The van der Waals surface area contributed by atoms with Crippen LogP contribution in [-0.4, -0.2) is 5.78 Å². The second-order valence-corrected chi connectivity index (χ2v) is 5.33. The highest BCUT2D eigenvalue weighted by Crippen LogP contribution is 2.18. The number of hydrogen-bond donors (Lipinski definition) is 0. The second-order valence-electron chi connectivity index (χ2n) is 4.09. The third-order valence-electron chi connectivity index (χ3n) is 2.94. The molecule has 0 aliphatic rings. The van der Waals surface area contributed by atoms with Crippen molar-refractivity contribution in [3.63, 3.8) is 0 Å². The van der Waals surface area contributed by atoms with Crippen molar-refractivity contribution in [2.24, 2.45) is 0 Å². The SMILES string of the molecule is Cc1cccc(C(=O)c2cccc(I)c2)c1C. The molecule has 86 valence electrons. The fraction of sp³-hybridized carbons (Fsp3) is 0.133. The van der Waals surface area contributed by atoms with E-state index in [1.54, 1.807) is 0 Å². The van der Waals surface area contributed by atoms with Gasteiger partial charge in [0.25, 0.3) is 0 Å². The van der Waals surface area contributed by atoms with Gasteiger partial charge in [-0.3, -0.25) is 4.79 Å². The zero-order valence-corrected chi connectivity index (χ0v) is 12.0. The van der Waals surface area contributed by atoms with E-state index in [1.165, 1.54) is 0 Å². The topological polar surface area (TPSA) is 17.1 Å². The van der Waals surface area contributed by atoms with Crippen molar-refractivity contribution in [1.29, 1.82) is 0 Å². The number of ketones is 1. The summed E-state index contributed by atoms with van der Waals surface area (Å²) in [6.45, 7) is 4.03. The first-order valence-electron chi connectivity index (χ1n) is 5.46. The minimum absolute atomic E-state index is 0.102. The van der Waals surface area contributed by atoms with Gasteiger partial charge in [-0.15, -0.1) is 0 Å². The van der Waals surface area contributed by atoms with Crippen molar-refractivity contribution in [1.82, 2.24) is 0 Å². The molecule has 0 saturated heterocycles. The standard InChI is InChI=1S/C15H13IO/c1-10-5-3-8-14(11(10)2)15(17)12-6-4-7-13(16)9-12/h3-9H,1-2H3. The Morgan fingerprint density at radius 3 is 2.47 bits per heavy atom. The number of hydrogen-bond acceptors (Lipinski definition) is 1. The lowest BCUT2D eigenvalue weighted by atomic mass is 9.96. The molecule has 2 aromatic carbocycles. The number of halogens is 1. The molecule has 2 heteroatoms. The monoisotopic (exact) mass is 336 g/mol. The Bertz CT molecular complexity index is 573. The zero-order valence-electron chi connectivity index (χ0n) is 9.83. The van der Waals surface area contributed by atoms with E-state index >= 15 is 0 Å². The first-order valence-corrected chi connectivity index (χ1v) is 6.54. The van der Waals surface area contributed by atoms with E-state index in [1.807, 2.05) is 56.3 Å². The van der Waals surface area contributed by atoms with Gasteiger partial charge in [0.05, 0.1) is 0 Å². The Hall–Kier alpha value is -1.16. The summed E-state index contributed by atoms with van der Waals surface area (Å²) in [5.41, 5.74) is 3.77. The number of carbonyl (C=O) groups excluding carboxylic acids is 1. The summed E-state index contributed by atoms with van der Waals surface area (Å²) in [4.78, 5) is 12.4. The van der Waals surface area contributed by atoms with Crippen molar-refractivity contribution in [2.75, 3.05) is 0 Å². The third kappa shape index (κ3) is 2.57. The Labute approximate surface area is 115 Å². The van der Waals surface area contributed by atoms with Crippen LogP contribution in [0.2, 0.25) is 0 Å². The lowest BCUT2D eigenvalue weighted by molar-refractivity contribution is 0.103. The Balaban J connectivity index is 2.48. The third-order valence-corrected chi connectivity index (χ3v) is 3.61. The van der Waals surface area contributed by atoms with Gasteiger partial charge in [-0.2, -0.15) is 0 Å². The van der Waals surface area contributed by atoms with Crippen molar-refractivity contribution in [2.45, 2.75) is 13.8 Å². The van der Waals surface area contributed by atoms with E-state index in [-0.39, 0.29) is 5.78 Å². The molecule has 0 N–H and O–H groups in total. The van der Waals surface area contributed by atoms with Gasteiger partial charge in [0.15, 0.2) is 5.78 Å². The van der Waals surface area contributed by atoms with E-state index in [4.69, 9.17) is 0 Å². The molecule has 2 aromatic rings. The van der Waals surface area contributed by atoms with Gasteiger partial charge in [-0.05, 0) is 59.7 Å². The van der Waals surface area contributed by atoms with Gasteiger partial charge in [-0.1, -0.05) is 30.3 Å². The van der Waals surface area contributed by atoms with Crippen molar-refractivity contribution >= 4 is 28.4 Å². The highest BCUT2D eigenvalue weighted by molar-refractivity contribution is 14.1. The first kappa shape index (κ1) is 12.3. The minimum atomic E-state index is 0.102. The van der Waals surface area contributed by atoms with E-state index in [0.29, 0.717) is 0 Å². The van der Waals surface area contributed by atoms with Gasteiger partial charge in [0.2, 0.25) is 0 Å². The maximum atomic E-state index is 12.4. The van der Waals surface area contributed by atoms with Gasteiger partial charge < -0.3 is 0 Å². The second kappa shape index (κ2) is 5.00. The summed E-state index contributed by atoms with van der Waals surface area (Å²) in [5, 5.41) is 0. The Morgan fingerprint density at radius 2 is 1.76 bits per heavy atom. The lowest BCUT2D eigenvalue weighted by Gasteiger charge is -2.07. The highest BCUT2D eigenvalue weighted by atomic mass is 127. The summed E-state index contributed by atoms with van der Waals surface area (Å²) >= 11 is 2.22. The molecule has 2 rings (SSSR count). The average Bonchev–Trinajstić information content (AvgIpc) is 2.32. The number of benzene rings is 2. The van der Waals surface area contributed by atoms with Crippen LogP contribution in [0.15, 0.2) is 42.5 Å². The van der Waals surface area contributed by atoms with Crippen LogP contribution < -0.4 is 0 Å². The Morgan fingerprint density at radius 1 is 1.06 bits per heavy atom. The van der Waals surface area contributed by atoms with Crippen LogP contribution in [0.3, 0.4) is 0 Å². The molecule has 0 amide bonds. The first-order chi connectivity index (χ1) is 8.09. The number of rotatable bonds is 2. The minimum Gasteiger partial charge on any atom is -0.289 e. The van der Waals surface area contributed by atoms with E-state index in [0.717, 1.165) is 25.8 Å². The van der Waals surface area contributed by atoms with Crippen LogP contribution in [0.1, 0.15) is 27.0 Å². The smallest absolute Gasteiger partial charge is 0.193 e. The van der Waals surface area contributed by atoms with E-state index < -0.39 is 0 Å². The molecule has 0 unspecified atom stereocenters. The molecule has 1 nitrogen and oxygen atoms in total. The molecule has 0 bridgehead atoms. The van der Waals surface area contributed by atoms with Crippen molar-refractivity contribution in [3.05, 3.63) is 68.3 Å². The largest absolute Gasteiger partial charge is 0.289 e. The fourth-order valence-electron chi connectivity index (χ4n) is 1.78. The molecule has 0 atom stereocenters. The summed E-state index contributed by atoms with van der Waals surface area (Å²) in [6, 6.07) is 13.5. The molecule has 17 heavy (non-hydrogen) atoms. The van der Waals surface area contributed by atoms with Crippen LogP contribution in [0.25, 0.3) is 0 Å². The summed E-state index contributed by atoms with van der Waals surface area (Å²) < 4.78 is 1.08. The molecule has 0 heterocycles. The van der Waals surface area contributed by atoms with Gasteiger partial charge in [0, 0.05) is 14.7 Å². The molecular weight excluding hydrogens is 323 g/mol. The molecular formula is C15H13IO. The fourth-order valence-corrected chi connectivity index (χ4v) is 2.33. The maximum Gasteiger partial charge on any atom is 0.193 e. The quantitative estimate of drug-likeness (QED) is 0.595. The molecule has 0 radical (unpaired) electrons. The number of aryl methyl sites for hydroxylation is 1. The summed E-state index contributed by atoms with van der Waals surface area (Å²) in [6.07, 6.45) is 0. The lowest BCUT2D eigenvalue weighted by Crippen LogP contribution is -2.04. The molecule has 0 saturated carbocycles. The van der Waals surface area contributed by atoms with Crippen LogP contribution in [0, 0.1) is 17.4 Å². The van der Waals surface area contributed by atoms with Crippen LogP contribution in [-0.2, 0) is 0 Å². The van der Waals surface area contributed by atoms with Crippen molar-refractivity contribution in [3.8, 4) is 0 Å². The predicted molar refractivity (Wildman–Crippen MR) is 78.5 cm³/mol. The van der Waals surface area contributed by atoms with Crippen LogP contribution >= 0.6 is 22.6 Å². The molecule has 0 aromatic heterocycles. The summed E-state index contributed by atoms with van der Waals surface area (Å²) in [5.74, 6) is 0.102. The van der Waals surface area contributed by atoms with Crippen molar-refractivity contribution < 1.29 is 4.79 Å². The molecule has 0 fully saturated rings. The van der Waals surface area contributed by atoms with Crippen LogP contribution in [0.4, 0.5) is 0 Å². The van der Waals surface area contributed by atoms with Gasteiger partial charge in [-0.25, -0.2) is 0 Å². The molecule has 0 aliphatic carbocycles. The molecule has 0 spiro atoms. The van der Waals surface area contributed by atoms with Crippen LogP contribution in [0.5, 0.6) is 0 Å². The number of carbonyl (C=O) groups is 1. The molecule has 0 aliphatic heterocycles. The normalized spacial score (nSPS) is 10.3. The zero-order chi connectivity index (χ0) is 12.4. The highest BCUT2D eigenvalue weighted by Gasteiger charge is 2.12. The van der Waals surface area contributed by atoms with E-state index in [9.17, 15) is 4.79 Å². The summed E-state index contributed by atoms with van der Waals surface area (Å²) in [7, 11) is 0. The Kier molecular flexibility index (Phi) is 3.62. The van der Waals surface area contributed by atoms with Gasteiger partial charge in [0.1, 0.15) is 0 Å².